The van der Waals surface area contributed by atoms with E-state index < -0.39 is 11.5 Å². The van der Waals surface area contributed by atoms with Crippen molar-refractivity contribution in [2.45, 2.75) is 50.2 Å². The second-order valence-electron chi connectivity index (χ2n) is 10.3. The highest BCUT2D eigenvalue weighted by Crippen LogP contribution is 2.49. The lowest BCUT2D eigenvalue weighted by atomic mass is 9.77. The summed E-state index contributed by atoms with van der Waals surface area (Å²) in [4.78, 5) is 17.5. The van der Waals surface area contributed by atoms with E-state index in [9.17, 15) is 9.90 Å². The van der Waals surface area contributed by atoms with Gasteiger partial charge in [-0.25, -0.2) is 9.67 Å². The molecule has 2 aliphatic carbocycles. The number of nitrogens with two attached hydrogens (primary N) is 2. The number of nitrogen functional groups attached to an aromatic ring is 1. The maximum Gasteiger partial charge on any atom is 0.254 e. The molecule has 36 heavy (non-hydrogen) atoms. The SMILES string of the molecule is COc1cc(-c2ccccc2)nc2cc(-c3nn(C4CC(C)(O)C4)c(N)c3C(N)=O)c(C3CC3)cc12. The molecular formula is C28H29N5O3. The zero-order valence-electron chi connectivity index (χ0n) is 20.4. The number of anilines is 1. The Hall–Kier alpha value is -3.91. The van der Waals surface area contributed by atoms with Gasteiger partial charge < -0.3 is 21.3 Å². The number of aliphatic hydroxyl groups is 1. The molecule has 0 spiro atoms. The number of methoxy groups -OCH3 is 1. The maximum atomic E-state index is 12.6. The van der Waals surface area contributed by atoms with Crippen molar-refractivity contribution in [2.24, 2.45) is 5.73 Å². The average Bonchev–Trinajstić information content (AvgIpc) is 3.63. The molecule has 2 fully saturated rings. The summed E-state index contributed by atoms with van der Waals surface area (Å²) < 4.78 is 7.43. The minimum absolute atomic E-state index is 0.0837. The van der Waals surface area contributed by atoms with Crippen molar-refractivity contribution in [2.75, 3.05) is 12.8 Å². The molecule has 4 aromatic rings. The molecule has 2 heterocycles. The molecule has 1 amide bonds. The Morgan fingerprint density at radius 3 is 2.50 bits per heavy atom. The second-order valence-corrected chi connectivity index (χ2v) is 10.3. The number of aromatic nitrogens is 3. The summed E-state index contributed by atoms with van der Waals surface area (Å²) in [6.07, 6.45) is 3.15. The number of fused-ring (bicyclic) bond motifs is 1. The molecule has 2 aromatic carbocycles. The number of nitrogens with zero attached hydrogens (tertiary/aromatic N) is 3. The van der Waals surface area contributed by atoms with E-state index in [1.54, 1.807) is 18.7 Å². The molecule has 8 nitrogen and oxygen atoms in total. The van der Waals surface area contributed by atoms with Gasteiger partial charge in [0.05, 0.1) is 30.0 Å². The number of hydrogen-bond acceptors (Lipinski definition) is 6. The van der Waals surface area contributed by atoms with E-state index in [-0.39, 0.29) is 17.4 Å². The molecule has 2 saturated carbocycles. The van der Waals surface area contributed by atoms with E-state index in [0.29, 0.717) is 24.5 Å². The number of carbonyl (C=O) groups excluding carboxylic acids is 1. The van der Waals surface area contributed by atoms with Crippen LogP contribution in [0.5, 0.6) is 5.75 Å². The first-order valence-electron chi connectivity index (χ1n) is 12.2. The van der Waals surface area contributed by atoms with Gasteiger partial charge in [-0.3, -0.25) is 4.79 Å². The third kappa shape index (κ3) is 3.69. The monoisotopic (exact) mass is 483 g/mol. The normalized spacial score (nSPS) is 21.4. The number of benzene rings is 2. The van der Waals surface area contributed by atoms with E-state index in [4.69, 9.17) is 26.3 Å². The number of hydrogen-bond donors (Lipinski definition) is 3. The highest BCUT2D eigenvalue weighted by molar-refractivity contribution is 6.05. The van der Waals surface area contributed by atoms with Crippen LogP contribution in [0.1, 0.15) is 60.5 Å². The van der Waals surface area contributed by atoms with E-state index in [1.165, 1.54) is 0 Å². The highest BCUT2D eigenvalue weighted by atomic mass is 16.5. The van der Waals surface area contributed by atoms with E-state index >= 15 is 0 Å². The topological polar surface area (TPSA) is 129 Å². The molecule has 0 aliphatic heterocycles. The Morgan fingerprint density at radius 1 is 1.17 bits per heavy atom. The van der Waals surface area contributed by atoms with Crippen molar-refractivity contribution >= 4 is 22.6 Å². The van der Waals surface area contributed by atoms with Crippen LogP contribution in [-0.4, -0.2) is 38.5 Å². The Kier molecular flexibility index (Phi) is 5.05. The third-order valence-corrected chi connectivity index (χ3v) is 7.39. The van der Waals surface area contributed by atoms with Crippen LogP contribution in [0, 0.1) is 0 Å². The van der Waals surface area contributed by atoms with Gasteiger partial charge in [-0.2, -0.15) is 5.10 Å². The lowest BCUT2D eigenvalue weighted by Crippen LogP contribution is -2.42. The van der Waals surface area contributed by atoms with E-state index in [2.05, 4.69) is 6.07 Å². The Balaban J connectivity index is 1.57. The second kappa shape index (κ2) is 8.06. The Labute approximate surface area is 208 Å². The molecule has 5 N–H and O–H groups in total. The van der Waals surface area contributed by atoms with Crippen LogP contribution >= 0.6 is 0 Å². The Bertz CT molecular complexity index is 1500. The quantitative estimate of drug-likeness (QED) is 0.372. The highest BCUT2D eigenvalue weighted by Gasteiger charge is 2.42. The minimum Gasteiger partial charge on any atom is -0.496 e. The van der Waals surface area contributed by atoms with Crippen molar-refractivity contribution in [3.8, 4) is 28.3 Å². The number of pyridine rings is 1. The minimum atomic E-state index is -0.757. The zero-order valence-corrected chi connectivity index (χ0v) is 20.4. The van der Waals surface area contributed by atoms with Crippen LogP contribution < -0.4 is 16.2 Å². The summed E-state index contributed by atoms with van der Waals surface area (Å²) in [5.74, 6) is 0.720. The van der Waals surface area contributed by atoms with Crippen molar-refractivity contribution in [3.05, 3.63) is 59.7 Å². The van der Waals surface area contributed by atoms with Gasteiger partial charge >= 0.3 is 0 Å². The predicted octanol–water partition coefficient (Wildman–Crippen LogP) is 4.42. The molecule has 0 radical (unpaired) electrons. The average molecular weight is 484 g/mol. The summed E-state index contributed by atoms with van der Waals surface area (Å²) in [6, 6.07) is 15.9. The Morgan fingerprint density at radius 2 is 1.89 bits per heavy atom. The lowest BCUT2D eigenvalue weighted by molar-refractivity contribution is -0.0535. The van der Waals surface area contributed by atoms with Gasteiger partial charge in [-0.1, -0.05) is 30.3 Å². The van der Waals surface area contributed by atoms with Gasteiger partial charge in [0.15, 0.2) is 0 Å². The summed E-state index contributed by atoms with van der Waals surface area (Å²) in [5.41, 5.74) is 16.6. The molecule has 8 heteroatoms. The standard InChI is InChI=1S/C28H29N5O3/c1-28(35)13-17(14-28)33-26(29)24(27(30)34)25(32-33)19-11-22-20(10-18(19)15-8-9-15)23(36-2)12-21(31-22)16-6-4-3-5-7-16/h3-7,10-12,15,17,35H,8-9,13-14,29H2,1-2H3,(H2,30,34). The molecule has 6 rings (SSSR count). The van der Waals surface area contributed by atoms with Gasteiger partial charge in [0, 0.05) is 22.6 Å². The molecule has 0 bridgehead atoms. The van der Waals surface area contributed by atoms with Gasteiger partial charge in [0.2, 0.25) is 0 Å². The first kappa shape index (κ1) is 22.5. The van der Waals surface area contributed by atoms with Crippen molar-refractivity contribution in [1.82, 2.24) is 14.8 Å². The predicted molar refractivity (Wildman–Crippen MR) is 139 cm³/mol. The third-order valence-electron chi connectivity index (χ3n) is 7.39. The molecule has 2 aromatic heterocycles. The van der Waals surface area contributed by atoms with Crippen molar-refractivity contribution in [3.63, 3.8) is 0 Å². The van der Waals surface area contributed by atoms with Crippen LogP contribution in [0.4, 0.5) is 5.82 Å². The molecule has 2 aliphatic rings. The molecule has 184 valence electrons. The lowest BCUT2D eigenvalue weighted by Gasteiger charge is -2.41. The first-order chi connectivity index (χ1) is 17.3. The summed E-state index contributed by atoms with van der Waals surface area (Å²) in [7, 11) is 1.66. The van der Waals surface area contributed by atoms with Gasteiger partial charge in [0.1, 0.15) is 22.8 Å². The summed E-state index contributed by atoms with van der Waals surface area (Å²) in [5, 5.41) is 16.0. The summed E-state index contributed by atoms with van der Waals surface area (Å²) in [6.45, 7) is 1.79. The summed E-state index contributed by atoms with van der Waals surface area (Å²) >= 11 is 0. The number of primary amides is 1. The molecule has 0 unspecified atom stereocenters. The van der Waals surface area contributed by atoms with Crippen LogP contribution in [0.3, 0.4) is 0 Å². The number of carbonyl (C=O) groups is 1. The fourth-order valence-electron chi connectivity index (χ4n) is 5.41. The number of rotatable bonds is 6. The zero-order chi connectivity index (χ0) is 25.2. The smallest absolute Gasteiger partial charge is 0.254 e. The van der Waals surface area contributed by atoms with Crippen LogP contribution in [0.15, 0.2) is 48.5 Å². The van der Waals surface area contributed by atoms with E-state index in [1.807, 2.05) is 42.5 Å². The van der Waals surface area contributed by atoms with Crippen LogP contribution in [0.25, 0.3) is 33.4 Å². The fourth-order valence-corrected chi connectivity index (χ4v) is 5.41. The van der Waals surface area contributed by atoms with Gasteiger partial charge in [-0.05, 0) is 56.2 Å². The van der Waals surface area contributed by atoms with Gasteiger partial charge in [-0.15, -0.1) is 0 Å². The number of amides is 1. The van der Waals surface area contributed by atoms with Gasteiger partial charge in [0.25, 0.3) is 5.91 Å². The fraction of sp³-hybridized carbons (Fsp3) is 0.321. The number of ether oxygens (including phenoxy) is 1. The van der Waals surface area contributed by atoms with Crippen molar-refractivity contribution < 1.29 is 14.6 Å². The molecule has 0 saturated heterocycles. The largest absolute Gasteiger partial charge is 0.496 e. The van der Waals surface area contributed by atoms with Crippen LogP contribution in [0.2, 0.25) is 0 Å². The first-order valence-corrected chi connectivity index (χ1v) is 12.2. The maximum absolute atomic E-state index is 12.6. The van der Waals surface area contributed by atoms with E-state index in [0.717, 1.165) is 51.9 Å². The molecule has 0 atom stereocenters. The van der Waals surface area contributed by atoms with Crippen LogP contribution in [-0.2, 0) is 0 Å². The molecular weight excluding hydrogens is 454 g/mol. The van der Waals surface area contributed by atoms with Crippen molar-refractivity contribution in [1.29, 1.82) is 0 Å².